The number of carbonyl (C=O) groups is 1. The van der Waals surface area contributed by atoms with Gasteiger partial charge in [0.25, 0.3) is 5.69 Å². The molecular formula is C12H13N5O4. The van der Waals surface area contributed by atoms with E-state index in [0.29, 0.717) is 6.54 Å². The summed E-state index contributed by atoms with van der Waals surface area (Å²) in [6.07, 6.45) is 0.775. The molecule has 1 aromatic heterocycles. The van der Waals surface area contributed by atoms with Gasteiger partial charge >= 0.3 is 5.97 Å². The summed E-state index contributed by atoms with van der Waals surface area (Å²) in [6.45, 7) is 2.44. The van der Waals surface area contributed by atoms with E-state index in [4.69, 9.17) is 5.11 Å². The van der Waals surface area contributed by atoms with Crippen molar-refractivity contribution in [3.8, 4) is 5.69 Å². The van der Waals surface area contributed by atoms with Crippen molar-refractivity contribution in [1.82, 2.24) is 15.0 Å². The SMILES string of the molecule is CCCNc1nn(-c2ccccc2[N+](=O)[O-])nc1C(=O)O. The number of nitrogens with zero attached hydrogens (tertiary/aromatic N) is 4. The minimum atomic E-state index is -1.25. The number of aromatic carboxylic acids is 1. The number of hydrogen-bond acceptors (Lipinski definition) is 6. The van der Waals surface area contributed by atoms with Gasteiger partial charge in [-0.25, -0.2) is 4.79 Å². The van der Waals surface area contributed by atoms with Crippen LogP contribution in [-0.4, -0.2) is 37.5 Å². The van der Waals surface area contributed by atoms with Gasteiger partial charge in [-0.1, -0.05) is 19.1 Å². The lowest BCUT2D eigenvalue weighted by Crippen LogP contribution is -2.06. The Bertz CT molecular complexity index is 682. The highest BCUT2D eigenvalue weighted by Crippen LogP contribution is 2.22. The Hall–Kier alpha value is -2.97. The number of carboxylic acids is 1. The Kier molecular flexibility index (Phi) is 4.12. The molecule has 9 heteroatoms. The van der Waals surface area contributed by atoms with Crippen molar-refractivity contribution in [2.75, 3.05) is 11.9 Å². The Morgan fingerprint density at radius 2 is 2.14 bits per heavy atom. The molecule has 9 nitrogen and oxygen atoms in total. The van der Waals surface area contributed by atoms with Crippen LogP contribution in [0.1, 0.15) is 23.8 Å². The molecule has 0 spiro atoms. The predicted octanol–water partition coefficient (Wildman–Crippen LogP) is 1.70. The highest BCUT2D eigenvalue weighted by Gasteiger charge is 2.22. The van der Waals surface area contributed by atoms with Crippen LogP contribution in [0.4, 0.5) is 11.5 Å². The van der Waals surface area contributed by atoms with Gasteiger partial charge in [0.1, 0.15) is 0 Å². The van der Waals surface area contributed by atoms with Gasteiger partial charge in [0, 0.05) is 12.6 Å². The monoisotopic (exact) mass is 291 g/mol. The summed E-state index contributed by atoms with van der Waals surface area (Å²) in [6, 6.07) is 5.86. The lowest BCUT2D eigenvalue weighted by Gasteiger charge is -2.01. The first-order valence-electron chi connectivity index (χ1n) is 6.23. The van der Waals surface area contributed by atoms with Crippen LogP contribution < -0.4 is 5.32 Å². The largest absolute Gasteiger partial charge is 0.476 e. The van der Waals surface area contributed by atoms with Gasteiger partial charge in [-0.2, -0.15) is 0 Å². The second-order valence-corrected chi connectivity index (χ2v) is 4.16. The predicted molar refractivity (Wildman–Crippen MR) is 73.8 cm³/mol. The Labute approximate surface area is 119 Å². The summed E-state index contributed by atoms with van der Waals surface area (Å²) in [7, 11) is 0. The van der Waals surface area contributed by atoms with Crippen LogP contribution in [0.2, 0.25) is 0 Å². The number of nitro benzene ring substituents is 1. The fraction of sp³-hybridized carbons (Fsp3) is 0.250. The van der Waals surface area contributed by atoms with Crippen LogP contribution in [-0.2, 0) is 0 Å². The number of carboxylic acid groups (broad SMARTS) is 1. The third-order valence-electron chi connectivity index (χ3n) is 2.65. The molecule has 21 heavy (non-hydrogen) atoms. The molecule has 0 aliphatic heterocycles. The zero-order valence-corrected chi connectivity index (χ0v) is 11.2. The quantitative estimate of drug-likeness (QED) is 0.613. The summed E-state index contributed by atoms with van der Waals surface area (Å²) < 4.78 is 0. The number of anilines is 1. The summed E-state index contributed by atoms with van der Waals surface area (Å²) in [4.78, 5) is 22.5. The fourth-order valence-electron chi connectivity index (χ4n) is 1.71. The summed E-state index contributed by atoms with van der Waals surface area (Å²) >= 11 is 0. The molecule has 2 aromatic rings. The Morgan fingerprint density at radius 3 is 2.76 bits per heavy atom. The molecule has 1 aromatic carbocycles. The maximum atomic E-state index is 11.2. The number of para-hydroxylation sites is 2. The topological polar surface area (TPSA) is 123 Å². The van der Waals surface area contributed by atoms with E-state index in [1.807, 2.05) is 6.92 Å². The van der Waals surface area contributed by atoms with Crippen molar-refractivity contribution in [1.29, 1.82) is 0 Å². The summed E-state index contributed by atoms with van der Waals surface area (Å²) in [5, 5.41) is 30.8. The first kappa shape index (κ1) is 14.4. The highest BCUT2D eigenvalue weighted by molar-refractivity contribution is 5.90. The third-order valence-corrected chi connectivity index (χ3v) is 2.65. The van der Waals surface area contributed by atoms with Gasteiger partial charge < -0.3 is 10.4 Å². The van der Waals surface area contributed by atoms with Crippen molar-refractivity contribution in [2.24, 2.45) is 0 Å². The average Bonchev–Trinajstić information content (AvgIpc) is 2.89. The van der Waals surface area contributed by atoms with Crippen molar-refractivity contribution < 1.29 is 14.8 Å². The average molecular weight is 291 g/mol. The molecule has 1 heterocycles. The highest BCUT2D eigenvalue weighted by atomic mass is 16.6. The molecule has 0 amide bonds. The van der Waals surface area contributed by atoms with Gasteiger partial charge in [0.2, 0.25) is 5.69 Å². The molecule has 0 radical (unpaired) electrons. The number of hydrogen-bond donors (Lipinski definition) is 2. The van der Waals surface area contributed by atoms with Gasteiger partial charge in [0.15, 0.2) is 11.5 Å². The van der Waals surface area contributed by atoms with E-state index >= 15 is 0 Å². The van der Waals surface area contributed by atoms with E-state index < -0.39 is 10.9 Å². The molecule has 0 fully saturated rings. The van der Waals surface area contributed by atoms with Crippen molar-refractivity contribution >= 4 is 17.5 Å². The van der Waals surface area contributed by atoms with Crippen LogP contribution >= 0.6 is 0 Å². The van der Waals surface area contributed by atoms with Crippen molar-refractivity contribution in [2.45, 2.75) is 13.3 Å². The maximum Gasteiger partial charge on any atom is 0.360 e. The number of aromatic nitrogens is 3. The second-order valence-electron chi connectivity index (χ2n) is 4.16. The van der Waals surface area contributed by atoms with Crippen molar-refractivity contribution in [3.05, 3.63) is 40.1 Å². The van der Waals surface area contributed by atoms with E-state index in [1.54, 1.807) is 6.07 Å². The standard InChI is InChI=1S/C12H13N5O4/c1-2-7-13-11-10(12(18)19)14-16(15-11)8-5-3-4-6-9(8)17(20)21/h3-6H,2,7H2,1H3,(H,13,15)(H,18,19). The van der Waals surface area contributed by atoms with E-state index in [1.165, 1.54) is 18.2 Å². The van der Waals surface area contributed by atoms with Crippen LogP contribution in [0.3, 0.4) is 0 Å². The van der Waals surface area contributed by atoms with E-state index in [-0.39, 0.29) is 22.9 Å². The number of nitrogens with one attached hydrogen (secondary N) is 1. The molecule has 2 N–H and O–H groups in total. The first-order valence-corrected chi connectivity index (χ1v) is 6.23. The molecule has 0 saturated heterocycles. The fourth-order valence-corrected chi connectivity index (χ4v) is 1.71. The van der Waals surface area contributed by atoms with E-state index in [2.05, 4.69) is 15.5 Å². The molecule has 110 valence electrons. The molecule has 0 unspecified atom stereocenters. The number of rotatable bonds is 6. The van der Waals surface area contributed by atoms with Gasteiger partial charge in [-0.05, 0) is 12.5 Å². The van der Waals surface area contributed by atoms with Gasteiger partial charge in [-0.15, -0.1) is 15.0 Å². The number of benzene rings is 1. The molecule has 0 bridgehead atoms. The van der Waals surface area contributed by atoms with Crippen LogP contribution in [0.5, 0.6) is 0 Å². The second kappa shape index (κ2) is 5.99. The van der Waals surface area contributed by atoms with Crippen LogP contribution in [0.25, 0.3) is 5.69 Å². The smallest absolute Gasteiger partial charge is 0.360 e. The summed E-state index contributed by atoms with van der Waals surface area (Å²) in [5.41, 5.74) is -0.373. The zero-order valence-electron chi connectivity index (χ0n) is 11.2. The molecule has 0 atom stereocenters. The lowest BCUT2D eigenvalue weighted by atomic mass is 10.3. The lowest BCUT2D eigenvalue weighted by molar-refractivity contribution is -0.384. The van der Waals surface area contributed by atoms with E-state index in [9.17, 15) is 14.9 Å². The Balaban J connectivity index is 2.50. The molecule has 0 saturated carbocycles. The summed E-state index contributed by atoms with van der Waals surface area (Å²) in [5.74, 6) is -1.17. The first-order chi connectivity index (χ1) is 10.0. The molecule has 0 aliphatic rings. The normalized spacial score (nSPS) is 10.3. The van der Waals surface area contributed by atoms with Crippen molar-refractivity contribution in [3.63, 3.8) is 0 Å². The third kappa shape index (κ3) is 2.96. The van der Waals surface area contributed by atoms with Crippen LogP contribution in [0, 0.1) is 10.1 Å². The molecule has 0 aliphatic carbocycles. The Morgan fingerprint density at radius 1 is 1.43 bits per heavy atom. The maximum absolute atomic E-state index is 11.2. The van der Waals surface area contributed by atoms with Crippen LogP contribution in [0.15, 0.2) is 24.3 Å². The number of nitro groups is 1. The molecular weight excluding hydrogens is 278 g/mol. The van der Waals surface area contributed by atoms with E-state index in [0.717, 1.165) is 11.2 Å². The van der Waals surface area contributed by atoms with Gasteiger partial charge in [-0.3, -0.25) is 10.1 Å². The van der Waals surface area contributed by atoms with Gasteiger partial charge in [0.05, 0.1) is 4.92 Å². The molecule has 2 rings (SSSR count). The minimum absolute atomic E-state index is 0.0856. The minimum Gasteiger partial charge on any atom is -0.476 e. The zero-order chi connectivity index (χ0) is 15.4.